The second-order valence-corrected chi connectivity index (χ2v) is 0.836. The average Bonchev–Trinajstić information content (AvgIpc) is 1.27. The third kappa shape index (κ3) is 5.35. The largest absolute Gasteiger partial charge is 0.327 e. The molecule has 0 bridgehead atoms. The molecule has 0 radical (unpaired) electrons. The Morgan fingerprint density at radius 2 is 2.14 bits per heavy atom. The molecule has 0 aromatic carbocycles. The van der Waals surface area contributed by atoms with Crippen molar-refractivity contribution in [2.75, 3.05) is 0 Å². The summed E-state index contributed by atoms with van der Waals surface area (Å²) in [5, 5.41) is 14.7. The summed E-state index contributed by atoms with van der Waals surface area (Å²) in [4.78, 5) is 13.2. The van der Waals surface area contributed by atoms with E-state index in [9.17, 15) is 4.79 Å². The summed E-state index contributed by atoms with van der Waals surface area (Å²) in [6.07, 6.45) is 0. The normalized spacial score (nSPS) is 9.14. The maximum Gasteiger partial charge on any atom is 0.327 e. The third-order valence-corrected chi connectivity index (χ3v) is 0.210. The van der Waals surface area contributed by atoms with Crippen LogP contribution < -0.4 is 0 Å². The smallest absolute Gasteiger partial charge is 0.319 e. The van der Waals surface area contributed by atoms with Crippen LogP contribution in [0.2, 0.25) is 0 Å². The van der Waals surface area contributed by atoms with Crippen molar-refractivity contribution in [1.29, 1.82) is 0 Å². The molecule has 0 fully saturated rings. The third-order valence-electron chi connectivity index (χ3n) is 0.210. The molecule has 0 rings (SSSR count). The summed E-state index contributed by atoms with van der Waals surface area (Å²) in [6.45, 7) is 1.04. The highest BCUT2D eigenvalue weighted by atomic mass is 17.1. The van der Waals surface area contributed by atoms with E-state index in [2.05, 4.69) is 4.84 Å². The first-order valence-corrected chi connectivity index (χ1v) is 1.49. The highest BCUT2D eigenvalue weighted by Gasteiger charge is 1.95. The van der Waals surface area contributed by atoms with Gasteiger partial charge in [0.1, 0.15) is 5.39 Å². The molecule has 0 unspecified atom stereocenters. The monoisotopic (exact) mass is 107 g/mol. The topological polar surface area (TPSA) is 70.0 Å². The van der Waals surface area contributed by atoms with Crippen LogP contribution in [0, 0.1) is 0 Å². The minimum Gasteiger partial charge on any atom is -0.319 e. The molecule has 0 aromatic rings. The molecule has 0 aromatic heterocycles. The Morgan fingerprint density at radius 3 is 2.14 bits per heavy atom. The van der Waals surface area contributed by atoms with Gasteiger partial charge in [-0.3, -0.25) is 15.2 Å². The van der Waals surface area contributed by atoms with E-state index in [1.807, 2.05) is 0 Å². The van der Waals surface area contributed by atoms with Crippen LogP contribution in [0.1, 0.15) is 6.92 Å². The zero-order valence-corrected chi connectivity index (χ0v) is 3.66. The molecule has 0 saturated carbocycles. The highest BCUT2D eigenvalue weighted by Crippen LogP contribution is 1.75. The van der Waals surface area contributed by atoms with E-state index in [4.69, 9.17) is 10.4 Å². The lowest BCUT2D eigenvalue weighted by atomic mass is 10.8. The van der Waals surface area contributed by atoms with Crippen molar-refractivity contribution >= 4 is 5.97 Å². The molecule has 0 amide bonds. The van der Waals surface area contributed by atoms with E-state index in [1.54, 1.807) is 0 Å². The van der Waals surface area contributed by atoms with E-state index >= 15 is 0 Å². The van der Waals surface area contributed by atoms with Gasteiger partial charge in [-0.15, -0.1) is 0 Å². The molecular formula is C2H5NO4. The van der Waals surface area contributed by atoms with Gasteiger partial charge in [0.25, 0.3) is 0 Å². The number of carbonyl (C=O) groups is 1. The zero-order valence-electron chi connectivity index (χ0n) is 3.66. The molecule has 0 atom stereocenters. The molecule has 5 heteroatoms. The molecule has 0 saturated heterocycles. The van der Waals surface area contributed by atoms with Crippen LogP contribution in [0.25, 0.3) is 0 Å². The average molecular weight is 107 g/mol. The maximum absolute atomic E-state index is 9.67. The minimum absolute atomic E-state index is 0.650. The van der Waals surface area contributed by atoms with E-state index in [0.717, 1.165) is 6.92 Å². The van der Waals surface area contributed by atoms with Crippen molar-refractivity contribution in [2.45, 2.75) is 6.92 Å². The lowest BCUT2D eigenvalue weighted by molar-refractivity contribution is -0.469. The molecule has 2 N–H and O–H groups in total. The predicted molar refractivity (Wildman–Crippen MR) is 17.2 cm³/mol. The van der Waals surface area contributed by atoms with Crippen LogP contribution in [0.5, 0.6) is 0 Å². The van der Waals surface area contributed by atoms with Crippen molar-refractivity contribution in [2.24, 2.45) is 0 Å². The molecule has 7 heavy (non-hydrogen) atoms. The standard InChI is InChI=1S/C2H5NO4/c1-2(4)7-3(5)6/h5-6H,1H3. The van der Waals surface area contributed by atoms with Crippen molar-refractivity contribution in [1.82, 2.24) is 5.39 Å². The lowest BCUT2D eigenvalue weighted by Gasteiger charge is -1.99. The van der Waals surface area contributed by atoms with Crippen molar-refractivity contribution in [3.8, 4) is 0 Å². The molecule has 42 valence electrons. The quantitative estimate of drug-likeness (QED) is 0.444. The maximum atomic E-state index is 9.67. The van der Waals surface area contributed by atoms with Crippen LogP contribution >= 0.6 is 0 Å². The van der Waals surface area contributed by atoms with Crippen LogP contribution in [-0.2, 0) is 9.63 Å². The first-order valence-electron chi connectivity index (χ1n) is 1.49. The minimum atomic E-state index is -0.787. The van der Waals surface area contributed by atoms with Gasteiger partial charge in [-0.05, 0) is 0 Å². The molecule has 0 aliphatic carbocycles. The number of hydrogen-bond acceptors (Lipinski definition) is 5. The summed E-state index contributed by atoms with van der Waals surface area (Å²) >= 11 is 0. The van der Waals surface area contributed by atoms with Gasteiger partial charge in [-0.25, -0.2) is 0 Å². The predicted octanol–water partition coefficient (Wildman–Crippen LogP) is -0.455. The van der Waals surface area contributed by atoms with Gasteiger partial charge in [-0.2, -0.15) is 0 Å². The Balaban J connectivity index is 3.13. The Bertz CT molecular complexity index is 70.1. The molecule has 0 heterocycles. The number of hydrogen-bond donors (Lipinski definition) is 2. The zero-order chi connectivity index (χ0) is 5.86. The van der Waals surface area contributed by atoms with Crippen molar-refractivity contribution in [3.63, 3.8) is 0 Å². The van der Waals surface area contributed by atoms with Crippen LogP contribution in [-0.4, -0.2) is 21.8 Å². The Labute approximate surface area is 39.6 Å². The molecule has 0 aliphatic heterocycles. The van der Waals surface area contributed by atoms with E-state index < -0.39 is 11.4 Å². The van der Waals surface area contributed by atoms with E-state index in [1.165, 1.54) is 0 Å². The molecule has 0 aliphatic rings. The van der Waals surface area contributed by atoms with Gasteiger partial charge in [0.2, 0.25) is 0 Å². The number of rotatable bonds is 1. The van der Waals surface area contributed by atoms with Crippen LogP contribution in [0.4, 0.5) is 0 Å². The second-order valence-electron chi connectivity index (χ2n) is 0.836. The van der Waals surface area contributed by atoms with Crippen LogP contribution in [0.15, 0.2) is 0 Å². The van der Waals surface area contributed by atoms with Crippen molar-refractivity contribution < 1.29 is 20.0 Å². The van der Waals surface area contributed by atoms with Gasteiger partial charge in [0.05, 0.1) is 0 Å². The number of carbonyl (C=O) groups excluding carboxylic acids is 1. The first kappa shape index (κ1) is 6.35. The first-order chi connectivity index (χ1) is 3.13. The van der Waals surface area contributed by atoms with E-state index in [-0.39, 0.29) is 0 Å². The summed E-state index contributed by atoms with van der Waals surface area (Å²) in [7, 11) is 0. The fourth-order valence-electron chi connectivity index (χ4n) is 0.115. The summed E-state index contributed by atoms with van der Waals surface area (Å²) in [5.41, 5.74) is 0. The van der Waals surface area contributed by atoms with Crippen LogP contribution in [0.3, 0.4) is 0 Å². The van der Waals surface area contributed by atoms with Gasteiger partial charge < -0.3 is 4.84 Å². The fraction of sp³-hybridized carbons (Fsp3) is 0.500. The second kappa shape index (κ2) is 2.51. The van der Waals surface area contributed by atoms with Crippen molar-refractivity contribution in [3.05, 3.63) is 0 Å². The van der Waals surface area contributed by atoms with Gasteiger partial charge in [-0.1, -0.05) is 0 Å². The molecule has 5 nitrogen and oxygen atoms in total. The fourth-order valence-corrected chi connectivity index (χ4v) is 0.115. The van der Waals surface area contributed by atoms with Gasteiger partial charge in [0.15, 0.2) is 0 Å². The lowest BCUT2D eigenvalue weighted by Crippen LogP contribution is -2.17. The molecular weight excluding hydrogens is 102 g/mol. The van der Waals surface area contributed by atoms with Gasteiger partial charge in [0, 0.05) is 6.92 Å². The summed E-state index contributed by atoms with van der Waals surface area (Å²) in [6, 6.07) is 0. The Kier molecular flexibility index (Phi) is 2.28. The number of nitrogens with zero attached hydrogens (tertiary/aromatic N) is 1. The summed E-state index contributed by atoms with van der Waals surface area (Å²) in [5.74, 6) is -0.787. The Morgan fingerprint density at radius 1 is 1.71 bits per heavy atom. The Hall–Kier alpha value is -0.650. The van der Waals surface area contributed by atoms with E-state index in [0.29, 0.717) is 0 Å². The summed E-state index contributed by atoms with van der Waals surface area (Å²) < 4.78 is 0. The molecule has 0 spiro atoms. The highest BCUT2D eigenvalue weighted by molar-refractivity contribution is 5.65. The SMILES string of the molecule is CC(=O)ON(O)O. The van der Waals surface area contributed by atoms with Gasteiger partial charge >= 0.3 is 5.97 Å².